The molecule has 114 valence electrons. The molecular formula is C15H19BrN2O3. The molecule has 1 aliphatic rings. The van der Waals surface area contributed by atoms with E-state index in [2.05, 4.69) is 21.2 Å². The number of benzene rings is 1. The van der Waals surface area contributed by atoms with E-state index >= 15 is 0 Å². The number of halogens is 1. The Labute approximate surface area is 132 Å². The van der Waals surface area contributed by atoms with Gasteiger partial charge in [0.1, 0.15) is 6.04 Å². The van der Waals surface area contributed by atoms with Crippen molar-refractivity contribution in [1.29, 1.82) is 0 Å². The van der Waals surface area contributed by atoms with Crippen LogP contribution in [0.4, 0.5) is 5.69 Å². The van der Waals surface area contributed by atoms with E-state index in [0.29, 0.717) is 25.9 Å². The normalized spacial score (nSPS) is 18.2. The number of anilines is 1. The largest absolute Gasteiger partial charge is 0.480 e. The van der Waals surface area contributed by atoms with Gasteiger partial charge >= 0.3 is 5.97 Å². The van der Waals surface area contributed by atoms with Crippen molar-refractivity contribution in [3.05, 3.63) is 28.7 Å². The Bertz CT molecular complexity index is 510. The van der Waals surface area contributed by atoms with Crippen LogP contribution in [0.5, 0.6) is 0 Å². The van der Waals surface area contributed by atoms with Gasteiger partial charge in [-0.3, -0.25) is 14.5 Å². The van der Waals surface area contributed by atoms with E-state index in [1.165, 1.54) is 0 Å². The van der Waals surface area contributed by atoms with Crippen LogP contribution in [0.3, 0.4) is 0 Å². The highest BCUT2D eigenvalue weighted by molar-refractivity contribution is 9.10. The third-order valence-corrected chi connectivity index (χ3v) is 4.45. The molecule has 5 nitrogen and oxygen atoms in total. The fourth-order valence-corrected chi connectivity index (χ4v) is 2.75. The van der Waals surface area contributed by atoms with Gasteiger partial charge in [-0.25, -0.2) is 0 Å². The number of nitrogens with zero attached hydrogens (tertiary/aromatic N) is 1. The minimum atomic E-state index is -0.812. The molecule has 1 aromatic carbocycles. The number of likely N-dealkylation sites (tertiary alicyclic amines) is 1. The summed E-state index contributed by atoms with van der Waals surface area (Å²) >= 11 is 3.35. The lowest BCUT2D eigenvalue weighted by molar-refractivity contribution is -0.143. The van der Waals surface area contributed by atoms with E-state index in [1.807, 2.05) is 29.2 Å². The lowest BCUT2D eigenvalue weighted by Gasteiger charge is -2.33. The maximum atomic E-state index is 12.2. The minimum absolute atomic E-state index is 0.0138. The number of carbonyl (C=O) groups excluding carboxylic acids is 1. The fraction of sp³-hybridized carbons (Fsp3) is 0.467. The van der Waals surface area contributed by atoms with Crippen molar-refractivity contribution in [2.45, 2.75) is 25.8 Å². The molecule has 1 heterocycles. The van der Waals surface area contributed by atoms with Crippen LogP contribution in [0.15, 0.2) is 28.7 Å². The Kier molecular flexibility index (Phi) is 5.36. The van der Waals surface area contributed by atoms with Crippen LogP contribution in [-0.4, -0.2) is 41.0 Å². The summed E-state index contributed by atoms with van der Waals surface area (Å²) in [5.41, 5.74) is 0.782. The molecule has 0 radical (unpaired) electrons. The zero-order valence-corrected chi connectivity index (χ0v) is 13.5. The smallest absolute Gasteiger partial charge is 0.320 e. The Balaban J connectivity index is 1.85. The number of carboxylic acid groups (broad SMARTS) is 1. The number of carboxylic acids is 1. The van der Waals surface area contributed by atoms with Gasteiger partial charge in [0.15, 0.2) is 0 Å². The Morgan fingerprint density at radius 1 is 1.29 bits per heavy atom. The van der Waals surface area contributed by atoms with Crippen LogP contribution in [0.2, 0.25) is 0 Å². The molecule has 2 rings (SSSR count). The van der Waals surface area contributed by atoms with Crippen molar-refractivity contribution < 1.29 is 14.7 Å². The summed E-state index contributed by atoms with van der Waals surface area (Å²) in [5.74, 6) is -0.849. The Hall–Kier alpha value is -1.40. The second-order valence-corrected chi connectivity index (χ2v) is 6.24. The van der Waals surface area contributed by atoms with E-state index in [0.717, 1.165) is 10.2 Å². The predicted molar refractivity (Wildman–Crippen MR) is 84.2 cm³/mol. The highest BCUT2D eigenvalue weighted by atomic mass is 79.9. The molecule has 2 N–H and O–H groups in total. The zero-order chi connectivity index (χ0) is 15.4. The van der Waals surface area contributed by atoms with Gasteiger partial charge in [0.2, 0.25) is 5.91 Å². The summed E-state index contributed by atoms with van der Waals surface area (Å²) in [6.45, 7) is 2.97. The first kappa shape index (κ1) is 16.0. The van der Waals surface area contributed by atoms with Crippen molar-refractivity contribution in [3.8, 4) is 0 Å². The molecule has 1 atom stereocenters. The predicted octanol–water partition coefficient (Wildman–Crippen LogP) is 2.57. The maximum absolute atomic E-state index is 12.2. The van der Waals surface area contributed by atoms with Gasteiger partial charge in [0, 0.05) is 16.1 Å². The molecule has 1 saturated heterocycles. The molecule has 6 heteroatoms. The Morgan fingerprint density at radius 3 is 2.38 bits per heavy atom. The molecule has 0 aromatic heterocycles. The summed E-state index contributed by atoms with van der Waals surface area (Å²) in [7, 11) is 0. The summed E-state index contributed by atoms with van der Waals surface area (Å²) in [6, 6.07) is 6.98. The van der Waals surface area contributed by atoms with E-state index in [9.17, 15) is 9.59 Å². The van der Waals surface area contributed by atoms with Crippen LogP contribution in [0.1, 0.15) is 19.8 Å². The number of carbonyl (C=O) groups is 2. The monoisotopic (exact) mass is 354 g/mol. The molecule has 1 aliphatic heterocycles. The maximum Gasteiger partial charge on any atom is 0.320 e. The average molecular weight is 355 g/mol. The highest BCUT2D eigenvalue weighted by Gasteiger charge is 2.29. The summed E-state index contributed by atoms with van der Waals surface area (Å²) in [6.07, 6.45) is 1.39. The van der Waals surface area contributed by atoms with E-state index in [1.54, 1.807) is 6.92 Å². The van der Waals surface area contributed by atoms with E-state index in [4.69, 9.17) is 5.11 Å². The van der Waals surface area contributed by atoms with Crippen LogP contribution < -0.4 is 5.32 Å². The second kappa shape index (κ2) is 7.04. The quantitative estimate of drug-likeness (QED) is 0.871. The number of rotatable bonds is 4. The number of amides is 1. The first-order chi connectivity index (χ1) is 9.97. The van der Waals surface area contributed by atoms with Gasteiger partial charge in [0.05, 0.1) is 0 Å². The average Bonchev–Trinajstić information content (AvgIpc) is 2.49. The lowest BCUT2D eigenvalue weighted by Crippen LogP contribution is -2.45. The number of hydrogen-bond donors (Lipinski definition) is 2. The molecule has 1 amide bonds. The molecular weight excluding hydrogens is 336 g/mol. The molecule has 1 aromatic rings. The van der Waals surface area contributed by atoms with Gasteiger partial charge in [-0.15, -0.1) is 0 Å². The van der Waals surface area contributed by atoms with Crippen molar-refractivity contribution in [2.75, 3.05) is 18.4 Å². The zero-order valence-electron chi connectivity index (χ0n) is 11.9. The van der Waals surface area contributed by atoms with Crippen molar-refractivity contribution in [1.82, 2.24) is 4.90 Å². The van der Waals surface area contributed by atoms with E-state index in [-0.39, 0.29) is 11.8 Å². The van der Waals surface area contributed by atoms with Crippen LogP contribution in [0.25, 0.3) is 0 Å². The van der Waals surface area contributed by atoms with Gasteiger partial charge < -0.3 is 10.4 Å². The topological polar surface area (TPSA) is 69.6 Å². The number of piperidine rings is 1. The second-order valence-electron chi connectivity index (χ2n) is 5.32. The summed E-state index contributed by atoms with van der Waals surface area (Å²) < 4.78 is 0.969. The van der Waals surface area contributed by atoms with E-state index < -0.39 is 12.0 Å². The SMILES string of the molecule is CC(C(=O)O)N1CCC(C(=O)Nc2ccc(Br)cc2)CC1. The van der Waals surface area contributed by atoms with Gasteiger partial charge in [-0.2, -0.15) is 0 Å². The number of aliphatic carboxylic acids is 1. The molecule has 0 bridgehead atoms. The van der Waals surface area contributed by atoms with Crippen molar-refractivity contribution in [3.63, 3.8) is 0 Å². The molecule has 0 saturated carbocycles. The van der Waals surface area contributed by atoms with Crippen LogP contribution in [-0.2, 0) is 9.59 Å². The first-order valence-electron chi connectivity index (χ1n) is 7.00. The standard InChI is InChI=1S/C15H19BrN2O3/c1-10(15(20)21)18-8-6-11(7-9-18)14(19)17-13-4-2-12(16)3-5-13/h2-5,10-11H,6-9H2,1H3,(H,17,19)(H,20,21). The third kappa shape index (κ3) is 4.28. The van der Waals surface area contributed by atoms with Crippen LogP contribution >= 0.6 is 15.9 Å². The molecule has 0 spiro atoms. The van der Waals surface area contributed by atoms with Crippen molar-refractivity contribution in [2.24, 2.45) is 5.92 Å². The van der Waals surface area contributed by atoms with Crippen LogP contribution in [0, 0.1) is 5.92 Å². The third-order valence-electron chi connectivity index (χ3n) is 3.92. The molecule has 1 fully saturated rings. The fourth-order valence-electron chi connectivity index (χ4n) is 2.48. The number of hydrogen-bond acceptors (Lipinski definition) is 3. The number of nitrogens with one attached hydrogen (secondary N) is 1. The highest BCUT2D eigenvalue weighted by Crippen LogP contribution is 2.21. The first-order valence-corrected chi connectivity index (χ1v) is 7.80. The van der Waals surface area contributed by atoms with Gasteiger partial charge in [-0.1, -0.05) is 15.9 Å². The summed E-state index contributed by atoms with van der Waals surface area (Å²) in [4.78, 5) is 25.1. The molecule has 21 heavy (non-hydrogen) atoms. The van der Waals surface area contributed by atoms with Gasteiger partial charge in [-0.05, 0) is 57.1 Å². The Morgan fingerprint density at radius 2 is 1.86 bits per heavy atom. The van der Waals surface area contributed by atoms with Gasteiger partial charge in [0.25, 0.3) is 0 Å². The molecule has 0 aliphatic carbocycles. The summed E-state index contributed by atoms with van der Waals surface area (Å²) in [5, 5.41) is 11.9. The van der Waals surface area contributed by atoms with Crippen molar-refractivity contribution >= 4 is 33.5 Å². The lowest BCUT2D eigenvalue weighted by atomic mass is 9.95. The minimum Gasteiger partial charge on any atom is -0.480 e. The molecule has 1 unspecified atom stereocenters.